The van der Waals surface area contributed by atoms with Crippen LogP contribution in [0.3, 0.4) is 0 Å². The van der Waals surface area contributed by atoms with Crippen LogP contribution in [0.5, 0.6) is 5.75 Å². The third-order valence-electron chi connectivity index (χ3n) is 4.44. The summed E-state index contributed by atoms with van der Waals surface area (Å²) in [5, 5.41) is 10.9. The maximum atomic E-state index is 12.7. The number of Topliss-reactive ketones (excluding diaryl/α,β-unsaturated/α-hetero) is 1. The highest BCUT2D eigenvalue weighted by Crippen LogP contribution is 2.39. The van der Waals surface area contributed by atoms with Crippen molar-refractivity contribution in [2.45, 2.75) is 6.04 Å². The molecule has 1 aromatic carbocycles. The molecule has 1 aromatic heterocycles. The second-order valence-electron chi connectivity index (χ2n) is 6.00. The molecule has 0 aliphatic carbocycles. The number of hydrogen-bond donors (Lipinski definition) is 1. The topological polar surface area (TPSA) is 89.0 Å². The molecule has 0 bridgehead atoms. The molecule has 1 N–H and O–H groups in total. The Morgan fingerprint density at radius 2 is 1.93 bits per heavy atom. The van der Waals surface area contributed by atoms with E-state index in [2.05, 4.69) is 4.98 Å². The van der Waals surface area contributed by atoms with Crippen LogP contribution in [0.15, 0.2) is 54.4 Å². The number of aromatic nitrogens is 1. The van der Waals surface area contributed by atoms with E-state index in [-0.39, 0.29) is 24.5 Å². The van der Waals surface area contributed by atoms with Gasteiger partial charge >= 0.3 is 0 Å². The fourth-order valence-corrected chi connectivity index (χ4v) is 3.12. The van der Waals surface area contributed by atoms with E-state index in [4.69, 9.17) is 9.47 Å². The van der Waals surface area contributed by atoms with Crippen LogP contribution in [-0.2, 0) is 14.3 Å². The van der Waals surface area contributed by atoms with Gasteiger partial charge in [0.05, 0.1) is 25.3 Å². The van der Waals surface area contributed by atoms with E-state index in [0.717, 1.165) is 0 Å². The van der Waals surface area contributed by atoms with Gasteiger partial charge in [0.1, 0.15) is 11.5 Å². The Morgan fingerprint density at radius 1 is 1.19 bits per heavy atom. The molecule has 7 nitrogen and oxygen atoms in total. The predicted octanol–water partition coefficient (Wildman–Crippen LogP) is 2.16. The van der Waals surface area contributed by atoms with Crippen molar-refractivity contribution in [1.29, 1.82) is 0 Å². The maximum Gasteiger partial charge on any atom is 0.295 e. The van der Waals surface area contributed by atoms with Crippen molar-refractivity contribution in [2.75, 3.05) is 27.4 Å². The van der Waals surface area contributed by atoms with Gasteiger partial charge in [0.2, 0.25) is 0 Å². The van der Waals surface area contributed by atoms with Crippen molar-refractivity contribution < 1.29 is 24.2 Å². The van der Waals surface area contributed by atoms with Crippen molar-refractivity contribution in [1.82, 2.24) is 9.88 Å². The van der Waals surface area contributed by atoms with Gasteiger partial charge in [0.15, 0.2) is 0 Å². The van der Waals surface area contributed by atoms with Crippen molar-refractivity contribution in [3.63, 3.8) is 0 Å². The van der Waals surface area contributed by atoms with Crippen LogP contribution >= 0.6 is 0 Å². The first-order valence-electron chi connectivity index (χ1n) is 8.40. The molecule has 7 heteroatoms. The number of aliphatic hydroxyl groups excluding tert-OH is 1. The highest BCUT2D eigenvalue weighted by atomic mass is 16.5. The summed E-state index contributed by atoms with van der Waals surface area (Å²) in [7, 11) is 3.04. The first-order valence-corrected chi connectivity index (χ1v) is 8.40. The van der Waals surface area contributed by atoms with Gasteiger partial charge in [-0.2, -0.15) is 0 Å². The minimum atomic E-state index is -0.728. The summed E-state index contributed by atoms with van der Waals surface area (Å²) in [5.41, 5.74) is 1.12. The number of ether oxygens (including phenoxy) is 2. The zero-order valence-electron chi connectivity index (χ0n) is 15.1. The van der Waals surface area contributed by atoms with Gasteiger partial charge in [-0.05, 0) is 29.8 Å². The number of pyridine rings is 1. The number of carbonyl (C=O) groups is 2. The summed E-state index contributed by atoms with van der Waals surface area (Å²) >= 11 is 0. The number of ketones is 1. The van der Waals surface area contributed by atoms with Gasteiger partial charge in [-0.25, -0.2) is 0 Å². The number of amides is 1. The number of hydrogen-bond acceptors (Lipinski definition) is 6. The van der Waals surface area contributed by atoms with E-state index in [1.165, 1.54) is 19.1 Å². The summed E-state index contributed by atoms with van der Waals surface area (Å²) in [6.45, 7) is 0.497. The molecule has 1 saturated heterocycles. The molecule has 0 spiro atoms. The summed E-state index contributed by atoms with van der Waals surface area (Å²) in [6, 6.07) is 9.43. The fourth-order valence-electron chi connectivity index (χ4n) is 3.12. The van der Waals surface area contributed by atoms with Crippen LogP contribution in [0.2, 0.25) is 0 Å². The molecule has 1 unspecified atom stereocenters. The number of methoxy groups -OCH3 is 2. The van der Waals surface area contributed by atoms with Crippen LogP contribution in [-0.4, -0.2) is 54.1 Å². The number of carbonyl (C=O) groups excluding carboxylic acids is 2. The first-order chi connectivity index (χ1) is 13.1. The SMILES string of the molecule is COCCN1C(=O)C(=O)/C(=C(\O)c2cccc(OC)c2)C1c1ccncc1. The Bertz CT molecular complexity index is 879. The van der Waals surface area contributed by atoms with Gasteiger partial charge in [-0.1, -0.05) is 12.1 Å². The molecule has 140 valence electrons. The minimum absolute atomic E-state index is 0.0376. The fraction of sp³-hybridized carbons (Fsp3) is 0.250. The average Bonchev–Trinajstić information content (AvgIpc) is 2.97. The van der Waals surface area contributed by atoms with Crippen molar-refractivity contribution in [2.24, 2.45) is 0 Å². The van der Waals surface area contributed by atoms with E-state index >= 15 is 0 Å². The van der Waals surface area contributed by atoms with Crippen LogP contribution < -0.4 is 4.74 Å². The Morgan fingerprint density at radius 3 is 2.59 bits per heavy atom. The van der Waals surface area contributed by atoms with E-state index in [1.54, 1.807) is 48.8 Å². The molecule has 1 aliphatic rings. The third kappa shape index (κ3) is 3.54. The Kier molecular flexibility index (Phi) is 5.52. The molecule has 1 fully saturated rings. The third-order valence-corrected chi connectivity index (χ3v) is 4.44. The lowest BCUT2D eigenvalue weighted by atomic mass is 9.96. The van der Waals surface area contributed by atoms with Crippen LogP contribution in [0, 0.1) is 0 Å². The Hall–Kier alpha value is -3.19. The van der Waals surface area contributed by atoms with Gasteiger partial charge < -0.3 is 19.5 Å². The lowest BCUT2D eigenvalue weighted by Crippen LogP contribution is -2.32. The monoisotopic (exact) mass is 368 g/mol. The molecule has 2 heterocycles. The largest absolute Gasteiger partial charge is 0.507 e. The highest BCUT2D eigenvalue weighted by Gasteiger charge is 2.45. The Labute approximate surface area is 156 Å². The number of nitrogens with zero attached hydrogens (tertiary/aromatic N) is 2. The quantitative estimate of drug-likeness (QED) is 0.477. The lowest BCUT2D eigenvalue weighted by molar-refractivity contribution is -0.140. The van der Waals surface area contributed by atoms with E-state index < -0.39 is 17.7 Å². The van der Waals surface area contributed by atoms with Crippen LogP contribution in [0.25, 0.3) is 5.76 Å². The molecular weight excluding hydrogens is 348 g/mol. The minimum Gasteiger partial charge on any atom is -0.507 e. The van der Waals surface area contributed by atoms with E-state index in [1.807, 2.05) is 0 Å². The summed E-state index contributed by atoms with van der Waals surface area (Å²) < 4.78 is 10.3. The number of aliphatic hydroxyl groups is 1. The van der Waals surface area contributed by atoms with Crippen LogP contribution in [0.4, 0.5) is 0 Å². The summed E-state index contributed by atoms with van der Waals surface area (Å²) in [5.74, 6) is -1.10. The van der Waals surface area contributed by atoms with Crippen molar-refractivity contribution >= 4 is 17.4 Å². The van der Waals surface area contributed by atoms with Gasteiger partial charge in [0.25, 0.3) is 11.7 Å². The number of rotatable bonds is 6. The number of benzene rings is 1. The second-order valence-corrected chi connectivity index (χ2v) is 6.00. The predicted molar refractivity (Wildman–Crippen MR) is 98.1 cm³/mol. The molecule has 27 heavy (non-hydrogen) atoms. The zero-order valence-corrected chi connectivity index (χ0v) is 15.1. The second kappa shape index (κ2) is 8.01. The molecule has 0 radical (unpaired) electrons. The molecule has 0 saturated carbocycles. The summed E-state index contributed by atoms with van der Waals surface area (Å²) in [6.07, 6.45) is 3.16. The molecule has 1 aliphatic heterocycles. The van der Waals surface area contributed by atoms with Crippen molar-refractivity contribution in [3.8, 4) is 5.75 Å². The van der Waals surface area contributed by atoms with Crippen LogP contribution in [0.1, 0.15) is 17.2 Å². The van der Waals surface area contributed by atoms with Crippen molar-refractivity contribution in [3.05, 3.63) is 65.5 Å². The number of likely N-dealkylation sites (tertiary alicyclic amines) is 1. The highest BCUT2D eigenvalue weighted by molar-refractivity contribution is 6.46. The average molecular weight is 368 g/mol. The van der Waals surface area contributed by atoms with Gasteiger partial charge in [-0.3, -0.25) is 14.6 Å². The molecular formula is C20H20N2O5. The van der Waals surface area contributed by atoms with Gasteiger partial charge in [-0.15, -0.1) is 0 Å². The molecule has 2 aromatic rings. The molecule has 1 atom stereocenters. The standard InChI is InChI=1S/C20H20N2O5/c1-26-11-10-22-17(13-6-8-21-9-7-13)16(19(24)20(22)25)18(23)14-4-3-5-15(12-14)27-2/h3-9,12,17,23H,10-11H2,1-2H3/b18-16-. The zero-order chi connectivity index (χ0) is 19.4. The first kappa shape index (κ1) is 18.6. The smallest absolute Gasteiger partial charge is 0.295 e. The molecule has 1 amide bonds. The summed E-state index contributed by atoms with van der Waals surface area (Å²) in [4.78, 5) is 30.7. The maximum absolute atomic E-state index is 12.7. The van der Waals surface area contributed by atoms with E-state index in [9.17, 15) is 14.7 Å². The van der Waals surface area contributed by atoms with Gasteiger partial charge in [0, 0.05) is 31.6 Å². The molecule has 3 rings (SSSR count). The normalized spacial score (nSPS) is 18.7. The van der Waals surface area contributed by atoms with E-state index in [0.29, 0.717) is 16.9 Å². The Balaban J connectivity index is 2.15. The lowest BCUT2D eigenvalue weighted by Gasteiger charge is -2.24.